The van der Waals surface area contributed by atoms with E-state index in [1.807, 2.05) is 0 Å². The molecule has 6 unspecified atom stereocenters. The smallest absolute Gasteiger partial charge is 0.462 e. The minimum absolute atomic E-state index is 0.0522. The number of phosphoric acid groups is 1. The second-order valence-electron chi connectivity index (χ2n) is 17.3. The fourth-order valence-corrected chi connectivity index (χ4v) is 8.14. The normalized spacial score (nSPS) is 21.9. The van der Waals surface area contributed by atoms with Gasteiger partial charge in [-0.05, 0) is 89.9 Å². The van der Waals surface area contributed by atoms with Gasteiger partial charge in [-0.2, -0.15) is 0 Å². The lowest BCUT2D eigenvalue weighted by Gasteiger charge is -2.41. The monoisotopic (exact) mass is 965 g/mol. The van der Waals surface area contributed by atoms with Gasteiger partial charge in [0, 0.05) is 12.8 Å². The van der Waals surface area contributed by atoms with Crippen molar-refractivity contribution < 1.29 is 63.1 Å². The van der Waals surface area contributed by atoms with Crippen molar-refractivity contribution in [3.8, 4) is 0 Å². The Hall–Kier alpha value is -2.97. The number of ether oxygens (including phenoxy) is 2. The van der Waals surface area contributed by atoms with E-state index in [1.165, 1.54) is 51.4 Å². The molecular weight excluding hydrogens is 876 g/mol. The fraction of sp³-hybridized carbons (Fsp3) is 0.698. The van der Waals surface area contributed by atoms with Crippen LogP contribution in [0.5, 0.6) is 0 Å². The molecule has 1 saturated carbocycles. The minimum atomic E-state index is -5.14. The number of rotatable bonds is 41. The zero-order chi connectivity index (χ0) is 49.2. The van der Waals surface area contributed by atoms with Crippen LogP contribution in [0.2, 0.25) is 0 Å². The number of carbonyl (C=O) groups is 2. The molecule has 67 heavy (non-hydrogen) atoms. The molecule has 0 aromatic rings. The molecule has 1 rings (SSSR count). The minimum Gasteiger partial charge on any atom is -0.462 e. The van der Waals surface area contributed by atoms with Crippen LogP contribution in [0.3, 0.4) is 0 Å². The lowest BCUT2D eigenvalue weighted by Crippen LogP contribution is -2.64. The molecule has 0 spiro atoms. The standard InChI is InChI=1S/C53H89O13P/c1-3-5-7-9-11-13-15-17-19-21-23-25-27-29-31-33-35-37-39-41-46(54)63-43-45(44-64-67(61,62)66-53-51(59)49(57)48(56)50(58)52(53)60)65-47(55)42-40-38-36-34-32-30-28-26-24-22-20-18-16-14-12-10-8-6-4-2/h6,8,11-14,17-20,24,26,30,32,45,48-53,56-60H,3-5,7,9-10,15-16,21-23,25,27-29,31,33-44H2,1-2H3,(H,61,62)/b8-6-,13-11-,14-12-,19-17-,20-18-,26-24-,32-30-. The van der Waals surface area contributed by atoms with E-state index in [1.54, 1.807) is 0 Å². The van der Waals surface area contributed by atoms with Crippen LogP contribution in [0.4, 0.5) is 0 Å². The Kier molecular flexibility index (Phi) is 38.9. The van der Waals surface area contributed by atoms with Crippen LogP contribution in [0, 0.1) is 0 Å². The van der Waals surface area contributed by atoms with Crippen molar-refractivity contribution in [2.45, 2.75) is 224 Å². The highest BCUT2D eigenvalue weighted by Crippen LogP contribution is 2.47. The Morgan fingerprint density at radius 1 is 0.478 bits per heavy atom. The summed E-state index contributed by atoms with van der Waals surface area (Å²) in [5.41, 5.74) is 0. The van der Waals surface area contributed by atoms with Gasteiger partial charge in [-0.15, -0.1) is 0 Å². The van der Waals surface area contributed by atoms with Crippen LogP contribution in [0.15, 0.2) is 85.1 Å². The van der Waals surface area contributed by atoms with Gasteiger partial charge in [-0.1, -0.05) is 163 Å². The molecule has 1 aliphatic carbocycles. The van der Waals surface area contributed by atoms with E-state index in [4.69, 9.17) is 18.5 Å². The van der Waals surface area contributed by atoms with Crippen LogP contribution in [0.1, 0.15) is 181 Å². The molecule has 0 aliphatic heterocycles. The maximum Gasteiger partial charge on any atom is 0.472 e. The highest BCUT2D eigenvalue weighted by molar-refractivity contribution is 7.47. The third kappa shape index (κ3) is 34.1. The van der Waals surface area contributed by atoms with E-state index in [2.05, 4.69) is 98.9 Å². The number of hydrogen-bond acceptors (Lipinski definition) is 12. The molecule has 0 aromatic carbocycles. The lowest BCUT2D eigenvalue weighted by atomic mass is 9.85. The molecule has 13 nitrogen and oxygen atoms in total. The van der Waals surface area contributed by atoms with Crippen molar-refractivity contribution in [3.63, 3.8) is 0 Å². The molecule has 0 saturated heterocycles. The Balaban J connectivity index is 2.44. The number of carbonyl (C=O) groups excluding carboxylic acids is 2. The van der Waals surface area contributed by atoms with Crippen molar-refractivity contribution in [2.24, 2.45) is 0 Å². The molecule has 6 atom stereocenters. The number of phosphoric ester groups is 1. The average Bonchev–Trinajstić information content (AvgIpc) is 3.31. The molecule has 0 radical (unpaired) electrons. The molecular formula is C53H89O13P. The first-order chi connectivity index (χ1) is 32.4. The van der Waals surface area contributed by atoms with Crippen molar-refractivity contribution in [1.82, 2.24) is 0 Å². The van der Waals surface area contributed by atoms with E-state index in [9.17, 15) is 44.6 Å². The lowest BCUT2D eigenvalue weighted by molar-refractivity contribution is -0.220. The maximum absolute atomic E-state index is 12.8. The number of aliphatic hydroxyl groups is 5. The summed E-state index contributed by atoms with van der Waals surface area (Å²) in [6.45, 7) is 3.14. The van der Waals surface area contributed by atoms with Crippen LogP contribution >= 0.6 is 7.82 Å². The number of allylic oxidation sites excluding steroid dienone is 14. The molecule has 0 amide bonds. The van der Waals surface area contributed by atoms with Gasteiger partial charge in [0.25, 0.3) is 0 Å². The summed E-state index contributed by atoms with van der Waals surface area (Å²) in [5, 5.41) is 50.3. The van der Waals surface area contributed by atoms with Gasteiger partial charge in [-0.3, -0.25) is 18.6 Å². The van der Waals surface area contributed by atoms with Crippen LogP contribution in [-0.2, 0) is 32.7 Å². The van der Waals surface area contributed by atoms with Crippen molar-refractivity contribution in [1.29, 1.82) is 0 Å². The molecule has 1 aliphatic rings. The molecule has 0 bridgehead atoms. The Morgan fingerprint density at radius 2 is 0.851 bits per heavy atom. The van der Waals surface area contributed by atoms with Crippen molar-refractivity contribution in [3.05, 3.63) is 85.1 Å². The SMILES string of the molecule is CC/C=C\C/C=C\C/C=C\C/C=C\C/C=C\CCCCCC(=O)OC(COC(=O)CCCCCCCCCCC/C=C\C/C=C\CCCCC)COP(=O)(O)OC1C(O)C(O)C(O)C(O)C1O. The van der Waals surface area contributed by atoms with E-state index >= 15 is 0 Å². The van der Waals surface area contributed by atoms with Gasteiger partial charge in [0.05, 0.1) is 6.61 Å². The average molecular weight is 965 g/mol. The molecule has 0 heterocycles. The van der Waals surface area contributed by atoms with E-state index in [0.717, 1.165) is 89.9 Å². The number of aliphatic hydroxyl groups excluding tert-OH is 5. The summed E-state index contributed by atoms with van der Waals surface area (Å²) >= 11 is 0. The summed E-state index contributed by atoms with van der Waals surface area (Å²) in [5.74, 6) is -1.15. The Morgan fingerprint density at radius 3 is 1.31 bits per heavy atom. The second kappa shape index (κ2) is 42.0. The molecule has 6 N–H and O–H groups in total. The molecule has 14 heteroatoms. The predicted molar refractivity (Wildman–Crippen MR) is 267 cm³/mol. The van der Waals surface area contributed by atoms with Gasteiger partial charge in [0.2, 0.25) is 0 Å². The zero-order valence-corrected chi connectivity index (χ0v) is 41.8. The van der Waals surface area contributed by atoms with Gasteiger partial charge in [-0.25, -0.2) is 4.57 Å². The summed E-state index contributed by atoms with van der Waals surface area (Å²) in [7, 11) is -5.14. The van der Waals surface area contributed by atoms with Gasteiger partial charge < -0.3 is 39.9 Å². The van der Waals surface area contributed by atoms with E-state index in [-0.39, 0.29) is 12.8 Å². The fourth-order valence-electron chi connectivity index (χ4n) is 7.17. The van der Waals surface area contributed by atoms with E-state index < -0.39 is 75.7 Å². The summed E-state index contributed by atoms with van der Waals surface area (Å²) in [4.78, 5) is 35.8. The third-order valence-electron chi connectivity index (χ3n) is 11.2. The maximum atomic E-state index is 12.8. The van der Waals surface area contributed by atoms with Gasteiger partial charge >= 0.3 is 19.8 Å². The van der Waals surface area contributed by atoms with Gasteiger partial charge in [0.1, 0.15) is 43.2 Å². The first kappa shape index (κ1) is 62.0. The molecule has 384 valence electrons. The zero-order valence-electron chi connectivity index (χ0n) is 40.9. The topological polar surface area (TPSA) is 210 Å². The quantitative estimate of drug-likeness (QED) is 0.0146. The van der Waals surface area contributed by atoms with E-state index in [0.29, 0.717) is 12.8 Å². The third-order valence-corrected chi connectivity index (χ3v) is 12.2. The Labute approximate surface area is 403 Å². The van der Waals surface area contributed by atoms with Crippen molar-refractivity contribution in [2.75, 3.05) is 13.2 Å². The number of unbranched alkanes of at least 4 members (excludes halogenated alkanes) is 15. The summed E-state index contributed by atoms with van der Waals surface area (Å²) in [6.07, 6.45) is 41.9. The first-order valence-corrected chi connectivity index (χ1v) is 26.9. The summed E-state index contributed by atoms with van der Waals surface area (Å²) < 4.78 is 33.6. The van der Waals surface area contributed by atoms with Crippen LogP contribution in [-0.4, -0.2) is 98.3 Å². The van der Waals surface area contributed by atoms with Crippen molar-refractivity contribution >= 4 is 19.8 Å². The number of esters is 2. The van der Waals surface area contributed by atoms with Crippen LogP contribution in [0.25, 0.3) is 0 Å². The van der Waals surface area contributed by atoms with Crippen LogP contribution < -0.4 is 0 Å². The highest BCUT2D eigenvalue weighted by atomic mass is 31.2. The second-order valence-corrected chi connectivity index (χ2v) is 18.7. The highest BCUT2D eigenvalue weighted by Gasteiger charge is 2.51. The largest absolute Gasteiger partial charge is 0.472 e. The molecule has 0 aromatic heterocycles. The Bertz CT molecular complexity index is 1490. The number of hydrogen-bond donors (Lipinski definition) is 6. The van der Waals surface area contributed by atoms with Gasteiger partial charge in [0.15, 0.2) is 6.10 Å². The predicted octanol–water partition coefficient (Wildman–Crippen LogP) is 10.8. The first-order valence-electron chi connectivity index (χ1n) is 25.4. The summed E-state index contributed by atoms with van der Waals surface area (Å²) in [6, 6.07) is 0. The molecule has 1 fully saturated rings.